The quantitative estimate of drug-likeness (QED) is 0.713. The van der Waals surface area contributed by atoms with Crippen LogP contribution in [0.4, 0.5) is 0 Å². The molecule has 2 atom stereocenters. The van der Waals surface area contributed by atoms with Crippen LogP contribution in [0, 0.1) is 0 Å². The molecule has 1 unspecified atom stereocenters. The van der Waals surface area contributed by atoms with E-state index in [2.05, 4.69) is 0 Å². The maximum Gasteiger partial charge on any atom is 0.347 e. The van der Waals surface area contributed by atoms with Crippen LogP contribution in [0.25, 0.3) is 0 Å². The second-order valence-corrected chi connectivity index (χ2v) is 5.58. The first-order chi connectivity index (χ1) is 11.6. The average molecular weight is 336 g/mol. The van der Waals surface area contributed by atoms with Gasteiger partial charge in [0.1, 0.15) is 5.75 Å². The molecule has 1 aromatic carbocycles. The first-order valence-electron chi connectivity index (χ1n) is 8.30. The third-order valence-corrected chi connectivity index (χ3v) is 3.63. The van der Waals surface area contributed by atoms with E-state index in [0.717, 1.165) is 24.8 Å². The highest BCUT2D eigenvalue weighted by atomic mass is 16.7. The van der Waals surface area contributed by atoms with E-state index in [1.165, 1.54) is 6.92 Å². The molecule has 0 spiro atoms. The predicted octanol–water partition coefficient (Wildman–Crippen LogP) is 2.63. The molecule has 0 aromatic heterocycles. The Morgan fingerprint density at radius 2 is 2.08 bits per heavy atom. The molecule has 0 radical (unpaired) electrons. The SMILES string of the molecule is CCOC(=O)[C@H](Cc1ccccc1OC1CCCCO1)OC(C)=O. The minimum Gasteiger partial charge on any atom is -0.465 e. The number of esters is 2. The van der Waals surface area contributed by atoms with E-state index >= 15 is 0 Å². The van der Waals surface area contributed by atoms with Gasteiger partial charge in [0, 0.05) is 19.8 Å². The minimum atomic E-state index is -0.987. The van der Waals surface area contributed by atoms with Gasteiger partial charge in [-0.15, -0.1) is 0 Å². The lowest BCUT2D eigenvalue weighted by Gasteiger charge is -2.25. The number of carbonyl (C=O) groups is 2. The van der Waals surface area contributed by atoms with Crippen LogP contribution < -0.4 is 4.74 Å². The second kappa shape index (κ2) is 9.27. The monoisotopic (exact) mass is 336 g/mol. The molecule has 0 bridgehead atoms. The summed E-state index contributed by atoms with van der Waals surface area (Å²) in [6.45, 7) is 3.89. The fourth-order valence-electron chi connectivity index (χ4n) is 2.54. The average Bonchev–Trinajstić information content (AvgIpc) is 2.57. The van der Waals surface area contributed by atoms with Crippen molar-refractivity contribution in [3.8, 4) is 5.75 Å². The van der Waals surface area contributed by atoms with E-state index in [1.807, 2.05) is 24.3 Å². The van der Waals surface area contributed by atoms with Crippen molar-refractivity contribution in [2.45, 2.75) is 51.9 Å². The molecule has 1 aliphatic heterocycles. The number of ether oxygens (including phenoxy) is 4. The number of benzene rings is 1. The summed E-state index contributed by atoms with van der Waals surface area (Å²) in [4.78, 5) is 23.3. The highest BCUT2D eigenvalue weighted by Crippen LogP contribution is 2.25. The lowest BCUT2D eigenvalue weighted by molar-refractivity contribution is -0.166. The molecule has 0 aliphatic carbocycles. The summed E-state index contributed by atoms with van der Waals surface area (Å²) in [7, 11) is 0. The third kappa shape index (κ3) is 5.53. The zero-order chi connectivity index (χ0) is 17.4. The number of hydrogen-bond donors (Lipinski definition) is 0. The van der Waals surface area contributed by atoms with Gasteiger partial charge in [0.2, 0.25) is 6.10 Å². The van der Waals surface area contributed by atoms with Crippen LogP contribution in [0.2, 0.25) is 0 Å². The van der Waals surface area contributed by atoms with Crippen LogP contribution in [-0.4, -0.2) is 37.5 Å². The van der Waals surface area contributed by atoms with Crippen molar-refractivity contribution in [2.75, 3.05) is 13.2 Å². The molecule has 1 aliphatic rings. The second-order valence-electron chi connectivity index (χ2n) is 5.58. The molecule has 6 nitrogen and oxygen atoms in total. The summed E-state index contributed by atoms with van der Waals surface area (Å²) in [5.41, 5.74) is 0.769. The van der Waals surface area contributed by atoms with Crippen molar-refractivity contribution in [2.24, 2.45) is 0 Å². The molecule has 1 heterocycles. The summed E-state index contributed by atoms with van der Waals surface area (Å²) in [5.74, 6) is -0.454. The standard InChI is InChI=1S/C18H24O6/c1-3-21-18(20)16(23-13(2)19)12-14-8-4-5-9-15(14)24-17-10-6-7-11-22-17/h4-5,8-9,16-17H,3,6-7,10-12H2,1-2H3/t16-,17?/m0/s1. The zero-order valence-corrected chi connectivity index (χ0v) is 14.2. The molecule has 1 fully saturated rings. The Balaban J connectivity index is 2.10. The summed E-state index contributed by atoms with van der Waals surface area (Å²) in [6, 6.07) is 7.37. The smallest absolute Gasteiger partial charge is 0.347 e. The van der Waals surface area contributed by atoms with Crippen molar-refractivity contribution >= 4 is 11.9 Å². The van der Waals surface area contributed by atoms with E-state index in [4.69, 9.17) is 18.9 Å². The van der Waals surface area contributed by atoms with Crippen molar-refractivity contribution in [1.29, 1.82) is 0 Å². The molecule has 0 saturated carbocycles. The molecule has 0 N–H and O–H groups in total. The normalized spacial score (nSPS) is 18.5. The van der Waals surface area contributed by atoms with Crippen molar-refractivity contribution in [3.05, 3.63) is 29.8 Å². The van der Waals surface area contributed by atoms with Crippen LogP contribution in [0.15, 0.2) is 24.3 Å². The van der Waals surface area contributed by atoms with Gasteiger partial charge in [0.25, 0.3) is 0 Å². The molecule has 6 heteroatoms. The summed E-state index contributed by atoms with van der Waals surface area (Å²) in [6.07, 6.45) is 1.86. The van der Waals surface area contributed by atoms with Gasteiger partial charge in [-0.2, -0.15) is 0 Å². The van der Waals surface area contributed by atoms with Gasteiger partial charge in [0.05, 0.1) is 13.2 Å². The van der Waals surface area contributed by atoms with Crippen molar-refractivity contribution < 1.29 is 28.5 Å². The Hall–Kier alpha value is -2.08. The molecule has 0 amide bonds. The number of rotatable bonds is 7. The highest BCUT2D eigenvalue weighted by molar-refractivity contribution is 5.79. The molecule has 1 saturated heterocycles. The number of para-hydroxylation sites is 1. The predicted molar refractivity (Wildman–Crippen MR) is 86.6 cm³/mol. The van der Waals surface area contributed by atoms with E-state index in [-0.39, 0.29) is 19.3 Å². The summed E-state index contributed by atoms with van der Waals surface area (Å²) in [5, 5.41) is 0. The van der Waals surface area contributed by atoms with Gasteiger partial charge >= 0.3 is 11.9 Å². The Morgan fingerprint density at radius 3 is 2.75 bits per heavy atom. The molecular formula is C18H24O6. The topological polar surface area (TPSA) is 71.1 Å². The Bertz CT molecular complexity index is 550. The fourth-order valence-corrected chi connectivity index (χ4v) is 2.54. The maximum absolute atomic E-state index is 12.0. The Kier molecular flexibility index (Phi) is 7.06. The van der Waals surface area contributed by atoms with Crippen molar-refractivity contribution in [3.63, 3.8) is 0 Å². The van der Waals surface area contributed by atoms with E-state index in [9.17, 15) is 9.59 Å². The lowest BCUT2D eigenvalue weighted by atomic mass is 10.1. The third-order valence-electron chi connectivity index (χ3n) is 3.63. The number of carbonyl (C=O) groups excluding carboxylic acids is 2. The molecule has 1 aromatic rings. The van der Waals surface area contributed by atoms with Crippen molar-refractivity contribution in [1.82, 2.24) is 0 Å². The number of hydrogen-bond acceptors (Lipinski definition) is 6. The van der Waals surface area contributed by atoms with Gasteiger partial charge in [-0.05, 0) is 31.4 Å². The lowest BCUT2D eigenvalue weighted by Crippen LogP contribution is -2.31. The maximum atomic E-state index is 12.0. The fraction of sp³-hybridized carbons (Fsp3) is 0.556. The Morgan fingerprint density at radius 1 is 1.29 bits per heavy atom. The van der Waals surface area contributed by atoms with Gasteiger partial charge < -0.3 is 18.9 Å². The first-order valence-corrected chi connectivity index (χ1v) is 8.30. The molecule has 24 heavy (non-hydrogen) atoms. The molecular weight excluding hydrogens is 312 g/mol. The molecule has 132 valence electrons. The largest absolute Gasteiger partial charge is 0.465 e. The van der Waals surface area contributed by atoms with Gasteiger partial charge in [0.15, 0.2) is 6.29 Å². The van der Waals surface area contributed by atoms with Gasteiger partial charge in [-0.3, -0.25) is 4.79 Å². The van der Waals surface area contributed by atoms with Crippen LogP contribution >= 0.6 is 0 Å². The summed E-state index contributed by atoms with van der Waals surface area (Å²) >= 11 is 0. The van der Waals surface area contributed by atoms with Crippen LogP contribution in [0.3, 0.4) is 0 Å². The summed E-state index contributed by atoms with van der Waals surface area (Å²) < 4.78 is 21.6. The zero-order valence-electron chi connectivity index (χ0n) is 14.2. The first kappa shape index (κ1) is 18.3. The Labute approximate surface area is 142 Å². The highest BCUT2D eigenvalue weighted by Gasteiger charge is 2.25. The van der Waals surface area contributed by atoms with Gasteiger partial charge in [-0.1, -0.05) is 18.2 Å². The van der Waals surface area contributed by atoms with E-state index in [0.29, 0.717) is 12.4 Å². The van der Waals surface area contributed by atoms with E-state index in [1.54, 1.807) is 6.92 Å². The van der Waals surface area contributed by atoms with E-state index < -0.39 is 18.0 Å². The van der Waals surface area contributed by atoms with Crippen LogP contribution in [0.5, 0.6) is 5.75 Å². The molecule has 2 rings (SSSR count). The van der Waals surface area contributed by atoms with Gasteiger partial charge in [-0.25, -0.2) is 4.79 Å². The van der Waals surface area contributed by atoms with Crippen LogP contribution in [-0.2, 0) is 30.2 Å². The van der Waals surface area contributed by atoms with Crippen LogP contribution in [0.1, 0.15) is 38.7 Å². The minimum absolute atomic E-state index is 0.196.